The second-order valence-electron chi connectivity index (χ2n) is 7.85. The van der Waals surface area contributed by atoms with Crippen LogP contribution < -0.4 is 15.4 Å². The van der Waals surface area contributed by atoms with Gasteiger partial charge >= 0.3 is 0 Å². The lowest BCUT2D eigenvalue weighted by Gasteiger charge is -2.22. The highest BCUT2D eigenvalue weighted by molar-refractivity contribution is 6.31. The molecule has 32 heavy (non-hydrogen) atoms. The van der Waals surface area contributed by atoms with Crippen molar-refractivity contribution in [1.82, 2.24) is 20.6 Å². The Kier molecular flexibility index (Phi) is 6.48. The van der Waals surface area contributed by atoms with Crippen molar-refractivity contribution in [3.8, 4) is 5.75 Å². The van der Waals surface area contributed by atoms with E-state index in [1.54, 1.807) is 12.1 Å². The number of halogens is 2. The molecule has 1 unspecified atom stereocenters. The Morgan fingerprint density at radius 2 is 1.94 bits per heavy atom. The minimum Gasteiger partial charge on any atom is -0.456 e. The molecule has 0 spiro atoms. The Morgan fingerprint density at radius 1 is 1.19 bits per heavy atom. The normalized spacial score (nSPS) is 17.5. The van der Waals surface area contributed by atoms with Gasteiger partial charge in [0.05, 0.1) is 16.6 Å². The van der Waals surface area contributed by atoms with Crippen LogP contribution in [0.5, 0.6) is 5.75 Å². The molecular formula is C23H22Cl2N4O3. The van der Waals surface area contributed by atoms with Crippen molar-refractivity contribution in [1.29, 1.82) is 0 Å². The van der Waals surface area contributed by atoms with Crippen LogP contribution in [0.4, 0.5) is 0 Å². The molecule has 0 radical (unpaired) electrons. The summed E-state index contributed by atoms with van der Waals surface area (Å²) in [6.07, 6.45) is 10.8. The second-order valence-corrected chi connectivity index (χ2v) is 8.72. The number of hydrogen-bond acceptors (Lipinski definition) is 5. The van der Waals surface area contributed by atoms with Gasteiger partial charge in [0.25, 0.3) is 5.91 Å². The Bertz CT molecular complexity index is 1100. The molecule has 1 aromatic carbocycles. The maximum absolute atomic E-state index is 12.9. The van der Waals surface area contributed by atoms with E-state index in [0.717, 1.165) is 18.4 Å². The predicted octanol–water partition coefficient (Wildman–Crippen LogP) is 4.45. The fourth-order valence-electron chi connectivity index (χ4n) is 3.41. The first-order chi connectivity index (χ1) is 15.4. The van der Waals surface area contributed by atoms with Crippen molar-refractivity contribution in [2.75, 3.05) is 0 Å². The van der Waals surface area contributed by atoms with Gasteiger partial charge in [-0.3, -0.25) is 9.59 Å². The molecule has 1 saturated carbocycles. The summed E-state index contributed by atoms with van der Waals surface area (Å²) in [5, 5.41) is 6.89. The lowest BCUT2D eigenvalue weighted by Crippen LogP contribution is -2.49. The molecule has 166 valence electrons. The summed E-state index contributed by atoms with van der Waals surface area (Å²) in [6, 6.07) is 4.93. The number of aromatic nitrogens is 2. The van der Waals surface area contributed by atoms with Crippen molar-refractivity contribution >= 4 is 35.0 Å². The van der Waals surface area contributed by atoms with Crippen molar-refractivity contribution in [2.24, 2.45) is 0 Å². The van der Waals surface area contributed by atoms with E-state index in [4.69, 9.17) is 27.9 Å². The van der Waals surface area contributed by atoms with Gasteiger partial charge in [0, 0.05) is 17.4 Å². The zero-order valence-corrected chi connectivity index (χ0v) is 18.9. The number of hydrogen-bond donors (Lipinski definition) is 2. The third kappa shape index (κ3) is 4.95. The van der Waals surface area contributed by atoms with E-state index in [0.29, 0.717) is 40.0 Å². The third-order valence-corrected chi connectivity index (χ3v) is 6.14. The van der Waals surface area contributed by atoms with Crippen LogP contribution in [-0.4, -0.2) is 27.3 Å². The molecule has 1 fully saturated rings. The van der Waals surface area contributed by atoms with Gasteiger partial charge in [-0.1, -0.05) is 35.3 Å². The number of nitrogens with one attached hydrogen (secondary N) is 2. The number of allylic oxidation sites excluding steroid dienone is 3. The van der Waals surface area contributed by atoms with Crippen molar-refractivity contribution in [3.05, 3.63) is 76.0 Å². The van der Waals surface area contributed by atoms with Gasteiger partial charge in [-0.25, -0.2) is 9.97 Å². The summed E-state index contributed by atoms with van der Waals surface area (Å²) < 4.78 is 5.85. The largest absolute Gasteiger partial charge is 0.456 e. The topological polar surface area (TPSA) is 93.2 Å². The average molecular weight is 473 g/mol. The van der Waals surface area contributed by atoms with Gasteiger partial charge in [-0.2, -0.15) is 0 Å². The molecule has 4 rings (SSSR count). The highest BCUT2D eigenvalue weighted by atomic mass is 35.5. The number of benzene rings is 1. The van der Waals surface area contributed by atoms with Crippen molar-refractivity contribution < 1.29 is 14.3 Å². The van der Waals surface area contributed by atoms with Gasteiger partial charge < -0.3 is 15.4 Å². The summed E-state index contributed by atoms with van der Waals surface area (Å²) >= 11 is 12.7. The van der Waals surface area contributed by atoms with Gasteiger partial charge in [-0.05, 0) is 56.4 Å². The minimum absolute atomic E-state index is 0.254. The van der Waals surface area contributed by atoms with Crippen LogP contribution in [0.15, 0.2) is 59.9 Å². The van der Waals surface area contributed by atoms with E-state index in [1.165, 1.54) is 18.7 Å². The van der Waals surface area contributed by atoms with Gasteiger partial charge in [0.2, 0.25) is 5.91 Å². The molecule has 2 N–H and O–H groups in total. The standard InChI is InChI=1S/C23H22Cl2N4O3/c1-14(17-7-6-16(10-19(17)25)32-20-5-3-2-4-18(20)24)28-22(31)23(8-9-23)29-21(30)15-11-26-13-27-12-15/h3,5-7,10-14H,2,4,8-9H2,1H3,(H,28,31)(H,29,30). The number of ether oxygens (including phenoxy) is 1. The fourth-order valence-corrected chi connectivity index (χ4v) is 3.95. The third-order valence-electron chi connectivity index (χ3n) is 5.44. The molecule has 2 aliphatic carbocycles. The first kappa shape index (κ1) is 22.3. The average Bonchev–Trinajstić information content (AvgIpc) is 3.56. The van der Waals surface area contributed by atoms with E-state index >= 15 is 0 Å². The number of rotatable bonds is 7. The van der Waals surface area contributed by atoms with E-state index in [9.17, 15) is 9.59 Å². The zero-order chi connectivity index (χ0) is 22.7. The molecule has 0 saturated heterocycles. The Morgan fingerprint density at radius 3 is 2.59 bits per heavy atom. The second kappa shape index (κ2) is 9.30. The van der Waals surface area contributed by atoms with E-state index in [1.807, 2.05) is 25.1 Å². The molecule has 0 bridgehead atoms. The highest BCUT2D eigenvalue weighted by Crippen LogP contribution is 2.37. The first-order valence-electron chi connectivity index (χ1n) is 10.3. The number of nitrogens with zero attached hydrogens (tertiary/aromatic N) is 2. The van der Waals surface area contributed by atoms with Crippen LogP contribution in [-0.2, 0) is 4.79 Å². The van der Waals surface area contributed by atoms with Crippen LogP contribution in [0.2, 0.25) is 5.02 Å². The molecule has 0 aliphatic heterocycles. The van der Waals surface area contributed by atoms with Crippen LogP contribution in [0.1, 0.15) is 54.6 Å². The molecule has 2 aromatic rings. The van der Waals surface area contributed by atoms with Gasteiger partial charge in [0.1, 0.15) is 23.4 Å². The monoisotopic (exact) mass is 472 g/mol. The van der Waals surface area contributed by atoms with Gasteiger partial charge in [-0.15, -0.1) is 0 Å². The SMILES string of the molecule is CC(NC(=O)C1(NC(=O)c2cncnc2)CC1)c1ccc(OC2=C(Cl)CCC=C2)cc1Cl. The van der Waals surface area contributed by atoms with E-state index in [2.05, 4.69) is 20.6 Å². The highest BCUT2D eigenvalue weighted by Gasteiger charge is 2.51. The number of amides is 2. The van der Waals surface area contributed by atoms with Crippen LogP contribution in [0, 0.1) is 0 Å². The Balaban J connectivity index is 1.40. The quantitative estimate of drug-likeness (QED) is 0.620. The molecule has 2 aliphatic rings. The number of carbonyl (C=O) groups excluding carboxylic acids is 2. The Labute approximate surface area is 195 Å². The van der Waals surface area contributed by atoms with Crippen LogP contribution in [0.3, 0.4) is 0 Å². The Hall–Kier alpha value is -2.90. The smallest absolute Gasteiger partial charge is 0.255 e. The maximum atomic E-state index is 12.9. The van der Waals surface area contributed by atoms with Crippen molar-refractivity contribution in [2.45, 2.75) is 44.2 Å². The lowest BCUT2D eigenvalue weighted by atomic mass is 10.1. The summed E-state index contributed by atoms with van der Waals surface area (Å²) in [5.41, 5.74) is 0.124. The number of carbonyl (C=O) groups is 2. The molecule has 7 nitrogen and oxygen atoms in total. The predicted molar refractivity (Wildman–Crippen MR) is 121 cm³/mol. The minimum atomic E-state index is -0.923. The first-order valence-corrected chi connectivity index (χ1v) is 11.0. The van der Waals surface area contributed by atoms with Crippen LogP contribution >= 0.6 is 23.2 Å². The van der Waals surface area contributed by atoms with E-state index in [-0.39, 0.29) is 17.9 Å². The van der Waals surface area contributed by atoms with Crippen LogP contribution in [0.25, 0.3) is 0 Å². The summed E-state index contributed by atoms with van der Waals surface area (Å²) in [6.45, 7) is 1.84. The lowest BCUT2D eigenvalue weighted by molar-refractivity contribution is -0.124. The maximum Gasteiger partial charge on any atom is 0.255 e. The van der Waals surface area contributed by atoms with Crippen molar-refractivity contribution in [3.63, 3.8) is 0 Å². The summed E-state index contributed by atoms with van der Waals surface area (Å²) in [5.74, 6) is 0.539. The fraction of sp³-hybridized carbons (Fsp3) is 0.304. The molecule has 1 aromatic heterocycles. The summed E-state index contributed by atoms with van der Waals surface area (Å²) in [4.78, 5) is 33.0. The molecule has 1 atom stereocenters. The van der Waals surface area contributed by atoms with Gasteiger partial charge in [0.15, 0.2) is 0 Å². The molecule has 2 amide bonds. The summed E-state index contributed by atoms with van der Waals surface area (Å²) in [7, 11) is 0. The molecular weight excluding hydrogens is 451 g/mol. The van der Waals surface area contributed by atoms with E-state index < -0.39 is 5.54 Å². The molecule has 9 heteroatoms. The molecule has 1 heterocycles. The zero-order valence-electron chi connectivity index (χ0n) is 17.4.